The summed E-state index contributed by atoms with van der Waals surface area (Å²) in [6, 6.07) is 5.73. The SMILES string of the molecule is COc1ccc(CCN2C(=O)[C@H]3[C@H](C2=O)[C@@H]2CC[C@@H]3C2=C(C)C)cc1OC. The second-order valence-electron chi connectivity index (χ2n) is 8.06. The number of benzene rings is 1. The minimum Gasteiger partial charge on any atom is -0.493 e. The van der Waals surface area contributed by atoms with Crippen LogP contribution in [0.25, 0.3) is 0 Å². The van der Waals surface area contributed by atoms with Crippen molar-refractivity contribution < 1.29 is 19.1 Å². The van der Waals surface area contributed by atoms with Gasteiger partial charge in [-0.1, -0.05) is 17.2 Å². The molecule has 27 heavy (non-hydrogen) atoms. The van der Waals surface area contributed by atoms with Gasteiger partial charge in [0.25, 0.3) is 0 Å². The van der Waals surface area contributed by atoms with E-state index in [4.69, 9.17) is 9.47 Å². The number of amides is 2. The van der Waals surface area contributed by atoms with Crippen molar-refractivity contribution in [3.05, 3.63) is 34.9 Å². The number of carbonyl (C=O) groups excluding carboxylic acids is 2. The van der Waals surface area contributed by atoms with Crippen molar-refractivity contribution in [1.82, 2.24) is 4.90 Å². The second-order valence-corrected chi connectivity index (χ2v) is 8.06. The summed E-state index contributed by atoms with van der Waals surface area (Å²) in [6.07, 6.45) is 2.73. The van der Waals surface area contributed by atoms with Crippen LogP contribution < -0.4 is 9.47 Å². The van der Waals surface area contributed by atoms with Crippen molar-refractivity contribution in [1.29, 1.82) is 0 Å². The van der Waals surface area contributed by atoms with Gasteiger partial charge in [-0.15, -0.1) is 0 Å². The Bertz CT molecular complexity index is 792. The van der Waals surface area contributed by atoms with Gasteiger partial charge < -0.3 is 9.47 Å². The zero-order valence-electron chi connectivity index (χ0n) is 16.5. The third-order valence-corrected chi connectivity index (χ3v) is 6.59. The number of fused-ring (bicyclic) bond motifs is 5. The average molecular weight is 369 g/mol. The Morgan fingerprint density at radius 1 is 1.00 bits per heavy atom. The molecule has 5 nitrogen and oxygen atoms in total. The van der Waals surface area contributed by atoms with Crippen LogP contribution >= 0.6 is 0 Å². The van der Waals surface area contributed by atoms with Gasteiger partial charge in [-0.2, -0.15) is 0 Å². The Morgan fingerprint density at radius 2 is 1.59 bits per heavy atom. The van der Waals surface area contributed by atoms with E-state index >= 15 is 0 Å². The molecule has 0 aromatic heterocycles. The molecule has 1 aliphatic heterocycles. The Hall–Kier alpha value is -2.30. The van der Waals surface area contributed by atoms with E-state index in [1.807, 2.05) is 18.2 Å². The molecule has 2 amide bonds. The maximum atomic E-state index is 13.0. The predicted octanol–water partition coefficient (Wildman–Crippen LogP) is 3.22. The van der Waals surface area contributed by atoms with Crippen LogP contribution in [0.1, 0.15) is 32.3 Å². The lowest BCUT2D eigenvalue weighted by Crippen LogP contribution is -2.35. The van der Waals surface area contributed by atoms with Crippen LogP contribution in [0.5, 0.6) is 11.5 Å². The number of methoxy groups -OCH3 is 2. The van der Waals surface area contributed by atoms with E-state index in [9.17, 15) is 9.59 Å². The van der Waals surface area contributed by atoms with Gasteiger partial charge in [0.05, 0.1) is 26.1 Å². The van der Waals surface area contributed by atoms with Crippen LogP contribution in [0.15, 0.2) is 29.3 Å². The molecule has 0 spiro atoms. The first kappa shape index (κ1) is 18.1. The van der Waals surface area contributed by atoms with Gasteiger partial charge in [-0.25, -0.2) is 0 Å². The fourth-order valence-corrected chi connectivity index (χ4v) is 5.55. The highest BCUT2D eigenvalue weighted by Gasteiger charge is 2.63. The fourth-order valence-electron chi connectivity index (χ4n) is 5.55. The lowest BCUT2D eigenvalue weighted by atomic mass is 9.81. The molecule has 2 aliphatic carbocycles. The number of likely N-dealkylation sites (tertiary alicyclic amines) is 1. The zero-order valence-corrected chi connectivity index (χ0v) is 16.5. The largest absolute Gasteiger partial charge is 0.493 e. The van der Waals surface area contributed by atoms with Crippen molar-refractivity contribution in [2.24, 2.45) is 23.7 Å². The Balaban J connectivity index is 1.50. The maximum Gasteiger partial charge on any atom is 0.233 e. The molecule has 3 fully saturated rings. The molecule has 0 unspecified atom stereocenters. The highest BCUT2D eigenvalue weighted by Crippen LogP contribution is 2.60. The van der Waals surface area contributed by atoms with E-state index in [-0.39, 0.29) is 35.5 Å². The van der Waals surface area contributed by atoms with Crippen LogP contribution in [-0.4, -0.2) is 37.5 Å². The van der Waals surface area contributed by atoms with Crippen LogP contribution in [0, 0.1) is 23.7 Å². The van der Waals surface area contributed by atoms with E-state index in [0.717, 1.165) is 18.4 Å². The summed E-state index contributed by atoms with van der Waals surface area (Å²) in [6.45, 7) is 4.67. The molecule has 2 bridgehead atoms. The highest BCUT2D eigenvalue weighted by molar-refractivity contribution is 6.06. The average Bonchev–Trinajstić information content (AvgIpc) is 3.30. The second kappa shape index (κ2) is 6.70. The van der Waals surface area contributed by atoms with Gasteiger partial charge in [0.2, 0.25) is 11.8 Å². The Kier molecular flexibility index (Phi) is 4.49. The molecule has 3 aliphatic rings. The molecule has 4 rings (SSSR count). The first-order valence-corrected chi connectivity index (χ1v) is 9.71. The molecule has 5 heteroatoms. The van der Waals surface area contributed by atoms with Gasteiger partial charge in [-0.05, 0) is 62.6 Å². The quantitative estimate of drug-likeness (QED) is 0.591. The summed E-state index contributed by atoms with van der Waals surface area (Å²) in [4.78, 5) is 27.6. The molecular formula is C22H27NO4. The number of nitrogens with zero attached hydrogens (tertiary/aromatic N) is 1. The molecule has 1 aromatic rings. The van der Waals surface area contributed by atoms with Crippen molar-refractivity contribution >= 4 is 11.8 Å². The first-order chi connectivity index (χ1) is 13.0. The monoisotopic (exact) mass is 369 g/mol. The molecule has 1 heterocycles. The summed E-state index contributed by atoms with van der Waals surface area (Å²) in [5, 5.41) is 0. The molecule has 2 saturated carbocycles. The summed E-state index contributed by atoms with van der Waals surface area (Å²) < 4.78 is 10.6. The first-order valence-electron chi connectivity index (χ1n) is 9.71. The van der Waals surface area contributed by atoms with Gasteiger partial charge in [0.15, 0.2) is 11.5 Å². The standard InChI is InChI=1S/C22H27NO4/c1-12(2)18-14-6-7-15(18)20-19(14)21(24)23(22(20)25)10-9-13-5-8-16(26-3)17(11-13)27-4/h5,8,11,14-15,19-20H,6-7,9-10H2,1-4H3/t14-,15-,19-,20-/m1/s1. The number of imide groups is 1. The summed E-state index contributed by atoms with van der Waals surface area (Å²) in [7, 11) is 3.21. The van der Waals surface area contributed by atoms with Gasteiger partial charge in [0, 0.05) is 6.54 Å². The van der Waals surface area contributed by atoms with E-state index in [1.165, 1.54) is 16.0 Å². The summed E-state index contributed by atoms with van der Waals surface area (Å²) in [5.41, 5.74) is 3.72. The zero-order chi connectivity index (χ0) is 19.3. The number of rotatable bonds is 5. The Labute approximate surface area is 160 Å². The Morgan fingerprint density at radius 3 is 2.11 bits per heavy atom. The number of carbonyl (C=O) groups is 2. The molecule has 1 aromatic carbocycles. The molecule has 144 valence electrons. The van der Waals surface area contributed by atoms with Gasteiger partial charge >= 0.3 is 0 Å². The van der Waals surface area contributed by atoms with Crippen molar-refractivity contribution in [2.75, 3.05) is 20.8 Å². The summed E-state index contributed by atoms with van der Waals surface area (Å²) in [5.74, 6) is 1.75. The number of ether oxygens (including phenoxy) is 2. The highest BCUT2D eigenvalue weighted by atomic mass is 16.5. The van der Waals surface area contributed by atoms with Crippen molar-refractivity contribution in [2.45, 2.75) is 33.1 Å². The molecule has 4 atom stereocenters. The molecule has 0 radical (unpaired) electrons. The third kappa shape index (κ3) is 2.67. The van der Waals surface area contributed by atoms with E-state index < -0.39 is 0 Å². The summed E-state index contributed by atoms with van der Waals surface area (Å²) >= 11 is 0. The molecule has 0 N–H and O–H groups in total. The van der Waals surface area contributed by atoms with Crippen LogP contribution in [-0.2, 0) is 16.0 Å². The van der Waals surface area contributed by atoms with Crippen LogP contribution in [0.2, 0.25) is 0 Å². The number of hydrogen-bond donors (Lipinski definition) is 0. The van der Waals surface area contributed by atoms with Crippen LogP contribution in [0.4, 0.5) is 0 Å². The van der Waals surface area contributed by atoms with E-state index in [1.54, 1.807) is 14.2 Å². The van der Waals surface area contributed by atoms with Crippen molar-refractivity contribution in [3.8, 4) is 11.5 Å². The minimum atomic E-state index is -0.119. The number of hydrogen-bond acceptors (Lipinski definition) is 4. The lowest BCUT2D eigenvalue weighted by Gasteiger charge is -2.19. The maximum absolute atomic E-state index is 13.0. The van der Waals surface area contributed by atoms with Gasteiger partial charge in [-0.3, -0.25) is 14.5 Å². The van der Waals surface area contributed by atoms with E-state index in [0.29, 0.717) is 24.5 Å². The molecular weight excluding hydrogens is 342 g/mol. The third-order valence-electron chi connectivity index (χ3n) is 6.59. The lowest BCUT2D eigenvalue weighted by molar-refractivity contribution is -0.140. The minimum absolute atomic E-state index is 0.0384. The van der Waals surface area contributed by atoms with E-state index in [2.05, 4.69) is 13.8 Å². The molecule has 1 saturated heterocycles. The van der Waals surface area contributed by atoms with Crippen LogP contribution in [0.3, 0.4) is 0 Å². The van der Waals surface area contributed by atoms with Gasteiger partial charge in [0.1, 0.15) is 0 Å². The smallest absolute Gasteiger partial charge is 0.233 e. The predicted molar refractivity (Wildman–Crippen MR) is 102 cm³/mol. The topological polar surface area (TPSA) is 55.8 Å². The normalized spacial score (nSPS) is 28.7. The van der Waals surface area contributed by atoms with Crippen molar-refractivity contribution in [3.63, 3.8) is 0 Å². The number of allylic oxidation sites excluding steroid dienone is 2. The fraction of sp³-hybridized carbons (Fsp3) is 0.545.